The van der Waals surface area contributed by atoms with Gasteiger partial charge in [0.25, 0.3) is 0 Å². The summed E-state index contributed by atoms with van der Waals surface area (Å²) < 4.78 is 12.4. The molecular formula is C35H48O6. The number of benzene rings is 2. The lowest BCUT2D eigenvalue weighted by Crippen LogP contribution is -2.25. The third kappa shape index (κ3) is 6.04. The second kappa shape index (κ2) is 11.5. The Bertz CT molecular complexity index is 1020. The van der Waals surface area contributed by atoms with Crippen LogP contribution < -0.4 is 9.47 Å². The molecule has 0 aliphatic heterocycles. The number of aliphatic hydroxyl groups is 4. The maximum absolute atomic E-state index is 11.3. The summed E-state index contributed by atoms with van der Waals surface area (Å²) in [6, 6.07) is 11.8. The van der Waals surface area contributed by atoms with Crippen molar-refractivity contribution in [2.24, 2.45) is 0 Å². The molecule has 0 aromatic heterocycles. The molecule has 2 aromatic carbocycles. The summed E-state index contributed by atoms with van der Waals surface area (Å²) in [6.45, 7) is 0.889. The Balaban J connectivity index is 1.13. The molecule has 4 fully saturated rings. The highest BCUT2D eigenvalue weighted by atomic mass is 16.5. The zero-order valence-electron chi connectivity index (χ0n) is 24.5. The van der Waals surface area contributed by atoms with Gasteiger partial charge in [0.2, 0.25) is 0 Å². The molecule has 0 amide bonds. The van der Waals surface area contributed by atoms with Crippen molar-refractivity contribution in [3.8, 4) is 11.5 Å². The first-order valence-corrected chi connectivity index (χ1v) is 16.2. The maximum atomic E-state index is 11.3. The van der Waals surface area contributed by atoms with Gasteiger partial charge in [-0.2, -0.15) is 0 Å². The molecule has 0 spiro atoms. The largest absolute Gasteiger partial charge is 0.493 e. The number of hydrogen-bond acceptors (Lipinski definition) is 6. The minimum atomic E-state index is -0.846. The highest BCUT2D eigenvalue weighted by molar-refractivity contribution is 5.42. The van der Waals surface area contributed by atoms with Crippen LogP contribution in [0.1, 0.15) is 131 Å². The van der Waals surface area contributed by atoms with E-state index in [9.17, 15) is 20.4 Å². The van der Waals surface area contributed by atoms with Crippen molar-refractivity contribution in [1.29, 1.82) is 0 Å². The van der Waals surface area contributed by atoms with Crippen molar-refractivity contribution >= 4 is 0 Å². The Hall–Kier alpha value is -2.12. The lowest BCUT2D eigenvalue weighted by molar-refractivity contribution is 0.0365. The normalized spacial score (nSPS) is 24.1. The molecule has 4 aliphatic carbocycles. The predicted molar refractivity (Wildman–Crippen MR) is 158 cm³/mol. The SMILES string of the molecule is OC1(c2cc(OCCCOc3cc(C4(O)CCCC4)cc(C4(O)CCCC4)c3)cc(C3(O)CCCC3)c2)CCCC1. The second-order valence-electron chi connectivity index (χ2n) is 13.5. The van der Waals surface area contributed by atoms with Crippen LogP contribution in [0.25, 0.3) is 0 Å². The van der Waals surface area contributed by atoms with Crippen LogP contribution in [0, 0.1) is 0 Å². The van der Waals surface area contributed by atoms with E-state index in [-0.39, 0.29) is 0 Å². The van der Waals surface area contributed by atoms with Crippen molar-refractivity contribution < 1.29 is 29.9 Å². The minimum Gasteiger partial charge on any atom is -0.493 e. The lowest BCUT2D eigenvalue weighted by Gasteiger charge is -2.29. The molecule has 6 rings (SSSR count). The highest BCUT2D eigenvalue weighted by Gasteiger charge is 2.39. The van der Waals surface area contributed by atoms with E-state index in [1.54, 1.807) is 0 Å². The van der Waals surface area contributed by atoms with Gasteiger partial charge < -0.3 is 29.9 Å². The summed E-state index contributed by atoms with van der Waals surface area (Å²) in [6.07, 6.45) is 14.7. The fraction of sp³-hybridized carbons (Fsp3) is 0.657. The number of hydrogen-bond donors (Lipinski definition) is 4. The molecule has 0 radical (unpaired) electrons. The Labute approximate surface area is 244 Å². The highest BCUT2D eigenvalue weighted by Crippen LogP contribution is 2.46. The van der Waals surface area contributed by atoms with Gasteiger partial charge in [0.05, 0.1) is 35.6 Å². The predicted octanol–water partition coefficient (Wildman–Crippen LogP) is 6.58. The van der Waals surface area contributed by atoms with E-state index in [1.807, 2.05) is 36.4 Å². The van der Waals surface area contributed by atoms with Crippen LogP contribution in [0.2, 0.25) is 0 Å². The van der Waals surface area contributed by atoms with Crippen LogP contribution in [0.4, 0.5) is 0 Å². The first kappa shape index (κ1) is 29.0. The average Bonchev–Trinajstić information content (AvgIpc) is 3.79. The molecule has 4 N–H and O–H groups in total. The summed E-state index contributed by atoms with van der Waals surface area (Å²) >= 11 is 0. The molecule has 41 heavy (non-hydrogen) atoms. The Morgan fingerprint density at radius 3 is 0.902 bits per heavy atom. The molecular weight excluding hydrogens is 516 g/mol. The van der Waals surface area contributed by atoms with Crippen molar-refractivity contribution in [2.45, 2.75) is 132 Å². The molecule has 0 unspecified atom stereocenters. The van der Waals surface area contributed by atoms with E-state index in [0.29, 0.717) is 31.1 Å². The van der Waals surface area contributed by atoms with Crippen molar-refractivity contribution in [1.82, 2.24) is 0 Å². The third-order valence-electron chi connectivity index (χ3n) is 10.5. The van der Waals surface area contributed by atoms with Gasteiger partial charge in [0.15, 0.2) is 0 Å². The molecule has 6 heteroatoms. The topological polar surface area (TPSA) is 99.4 Å². The van der Waals surface area contributed by atoms with Crippen LogP contribution in [0.15, 0.2) is 36.4 Å². The van der Waals surface area contributed by atoms with E-state index in [2.05, 4.69) is 0 Å². The Morgan fingerprint density at radius 1 is 0.415 bits per heavy atom. The smallest absolute Gasteiger partial charge is 0.120 e. The van der Waals surface area contributed by atoms with E-state index in [0.717, 1.165) is 125 Å². The summed E-state index contributed by atoms with van der Waals surface area (Å²) in [7, 11) is 0. The van der Waals surface area contributed by atoms with Gasteiger partial charge in [0.1, 0.15) is 11.5 Å². The fourth-order valence-electron chi connectivity index (χ4n) is 7.87. The monoisotopic (exact) mass is 564 g/mol. The zero-order chi connectivity index (χ0) is 28.6. The van der Waals surface area contributed by atoms with Gasteiger partial charge in [-0.3, -0.25) is 0 Å². The molecule has 0 saturated heterocycles. The van der Waals surface area contributed by atoms with Gasteiger partial charge in [-0.1, -0.05) is 51.4 Å². The van der Waals surface area contributed by atoms with E-state index in [1.165, 1.54) is 0 Å². The van der Waals surface area contributed by atoms with Crippen LogP contribution in [-0.2, 0) is 22.4 Å². The van der Waals surface area contributed by atoms with Gasteiger partial charge in [-0.25, -0.2) is 0 Å². The van der Waals surface area contributed by atoms with Crippen LogP contribution in [0.3, 0.4) is 0 Å². The molecule has 224 valence electrons. The zero-order valence-corrected chi connectivity index (χ0v) is 24.5. The maximum Gasteiger partial charge on any atom is 0.120 e. The molecule has 6 nitrogen and oxygen atoms in total. The van der Waals surface area contributed by atoms with Gasteiger partial charge >= 0.3 is 0 Å². The van der Waals surface area contributed by atoms with Gasteiger partial charge in [0, 0.05) is 6.42 Å². The fourth-order valence-corrected chi connectivity index (χ4v) is 7.87. The van der Waals surface area contributed by atoms with Crippen molar-refractivity contribution in [3.63, 3.8) is 0 Å². The minimum absolute atomic E-state index is 0.445. The van der Waals surface area contributed by atoms with E-state index >= 15 is 0 Å². The van der Waals surface area contributed by atoms with Crippen LogP contribution in [-0.4, -0.2) is 33.6 Å². The van der Waals surface area contributed by atoms with E-state index in [4.69, 9.17) is 9.47 Å². The van der Waals surface area contributed by atoms with Crippen molar-refractivity contribution in [2.75, 3.05) is 13.2 Å². The number of ether oxygens (including phenoxy) is 2. The van der Waals surface area contributed by atoms with Gasteiger partial charge in [-0.15, -0.1) is 0 Å². The quantitative estimate of drug-likeness (QED) is 0.243. The molecule has 0 bridgehead atoms. The third-order valence-corrected chi connectivity index (χ3v) is 10.5. The standard InChI is InChI=1S/C35H48O6/c36-32(10-1-2-11-32)26-20-27(33(37)12-3-4-13-33)23-30(22-26)40-18-9-19-41-31-24-28(34(38)14-5-6-15-34)21-29(25-31)35(39)16-7-8-17-35/h20-25,36-39H,1-19H2. The Morgan fingerprint density at radius 2 is 0.659 bits per heavy atom. The molecule has 0 heterocycles. The number of rotatable bonds is 10. The first-order chi connectivity index (χ1) is 19.7. The molecule has 0 atom stereocenters. The first-order valence-electron chi connectivity index (χ1n) is 16.2. The van der Waals surface area contributed by atoms with E-state index < -0.39 is 22.4 Å². The summed E-state index contributed by atoms with van der Waals surface area (Å²) in [4.78, 5) is 0. The second-order valence-corrected chi connectivity index (χ2v) is 13.5. The summed E-state index contributed by atoms with van der Waals surface area (Å²) in [5.74, 6) is 1.38. The molecule has 4 aliphatic rings. The summed E-state index contributed by atoms with van der Waals surface area (Å²) in [5.41, 5.74) is 0.0553. The van der Waals surface area contributed by atoms with Crippen LogP contribution >= 0.6 is 0 Å². The Kier molecular flexibility index (Phi) is 8.14. The van der Waals surface area contributed by atoms with Gasteiger partial charge in [-0.05, 0) is 110 Å². The lowest BCUT2D eigenvalue weighted by atomic mass is 9.85. The average molecular weight is 565 g/mol. The molecule has 4 saturated carbocycles. The summed E-state index contributed by atoms with van der Waals surface area (Å²) in [5, 5.41) is 45.3. The van der Waals surface area contributed by atoms with Crippen LogP contribution in [0.5, 0.6) is 11.5 Å². The van der Waals surface area contributed by atoms with Crippen molar-refractivity contribution in [3.05, 3.63) is 58.7 Å². The molecule has 2 aromatic rings.